The van der Waals surface area contributed by atoms with Crippen LogP contribution < -0.4 is 5.32 Å². The number of carbonyl (C=O) groups excluding carboxylic acids is 1. The van der Waals surface area contributed by atoms with Crippen LogP contribution in [0.15, 0.2) is 18.2 Å². The molecule has 0 aliphatic heterocycles. The van der Waals surface area contributed by atoms with Crippen molar-refractivity contribution in [1.82, 2.24) is 0 Å². The maximum absolute atomic E-state index is 11.6. The van der Waals surface area contributed by atoms with Crippen molar-refractivity contribution in [1.29, 1.82) is 0 Å². The molecule has 0 unspecified atom stereocenters. The Balaban J connectivity index is 2.84. The van der Waals surface area contributed by atoms with Crippen LogP contribution in [-0.4, -0.2) is 17.6 Å². The van der Waals surface area contributed by atoms with E-state index in [1.165, 1.54) is 0 Å². The lowest BCUT2D eigenvalue weighted by Crippen LogP contribution is -2.12. The van der Waals surface area contributed by atoms with Crippen molar-refractivity contribution in [2.75, 3.05) is 11.9 Å². The molecule has 0 spiro atoms. The van der Waals surface area contributed by atoms with Gasteiger partial charge in [-0.2, -0.15) is 0 Å². The number of rotatable bonds is 4. The van der Waals surface area contributed by atoms with Gasteiger partial charge in [-0.3, -0.25) is 4.79 Å². The molecule has 3 nitrogen and oxygen atoms in total. The molecule has 0 fully saturated rings. The summed E-state index contributed by atoms with van der Waals surface area (Å²) in [6.07, 6.45) is 2.33. The summed E-state index contributed by atoms with van der Waals surface area (Å²) >= 11 is 5.87. The van der Waals surface area contributed by atoms with Crippen LogP contribution in [0.5, 0.6) is 0 Å². The number of aliphatic hydroxyl groups excluding tert-OH is 1. The number of hydrogen-bond donors (Lipinski definition) is 2. The van der Waals surface area contributed by atoms with Crippen LogP contribution >= 0.6 is 11.6 Å². The summed E-state index contributed by atoms with van der Waals surface area (Å²) in [4.78, 5) is 11.6. The van der Waals surface area contributed by atoms with Crippen LogP contribution in [0.25, 0.3) is 0 Å². The molecule has 0 atom stereocenters. The summed E-state index contributed by atoms with van der Waals surface area (Å²) in [5, 5.41) is 12.0. The van der Waals surface area contributed by atoms with Crippen molar-refractivity contribution < 1.29 is 9.90 Å². The second-order valence-electron chi connectivity index (χ2n) is 3.80. The first-order valence-corrected chi connectivity index (χ1v) is 6.24. The number of amides is 1. The van der Waals surface area contributed by atoms with Gasteiger partial charge in [0.2, 0.25) is 5.91 Å². The summed E-state index contributed by atoms with van der Waals surface area (Å²) in [6.45, 7) is 1.81. The predicted octanol–water partition coefficient (Wildman–Crippen LogP) is 2.81. The molecule has 4 heteroatoms. The Labute approximate surface area is 112 Å². The van der Waals surface area contributed by atoms with Crippen LogP contribution in [-0.2, 0) is 4.79 Å². The number of aliphatic hydroxyl groups is 1. The van der Waals surface area contributed by atoms with Crippen molar-refractivity contribution in [2.24, 2.45) is 0 Å². The highest BCUT2D eigenvalue weighted by atomic mass is 35.5. The Bertz CT molecular complexity index is 474. The summed E-state index contributed by atoms with van der Waals surface area (Å²) < 4.78 is 0. The lowest BCUT2D eigenvalue weighted by Gasteiger charge is -2.07. The largest absolute Gasteiger partial charge is 0.384 e. The van der Waals surface area contributed by atoms with Gasteiger partial charge in [-0.1, -0.05) is 36.8 Å². The van der Waals surface area contributed by atoms with Gasteiger partial charge in [0.25, 0.3) is 0 Å². The van der Waals surface area contributed by atoms with E-state index in [1.807, 2.05) is 6.92 Å². The third-order valence-corrected chi connectivity index (χ3v) is 2.55. The summed E-state index contributed by atoms with van der Waals surface area (Å²) in [6, 6.07) is 5.08. The Hall–Kier alpha value is -1.50. The zero-order valence-corrected chi connectivity index (χ0v) is 11.0. The molecule has 0 aliphatic carbocycles. The highest BCUT2D eigenvalue weighted by molar-refractivity contribution is 6.30. The molecule has 0 heterocycles. The number of carbonyl (C=O) groups is 1. The highest BCUT2D eigenvalue weighted by Gasteiger charge is 2.05. The zero-order valence-electron chi connectivity index (χ0n) is 10.3. The number of hydrogen-bond acceptors (Lipinski definition) is 2. The molecule has 1 rings (SSSR count). The molecule has 2 N–H and O–H groups in total. The molecule has 1 aromatic carbocycles. The minimum absolute atomic E-state index is 0.0359. The van der Waals surface area contributed by atoms with Gasteiger partial charge in [-0.15, -0.1) is 0 Å². The standard InChI is InChI=1S/C14H16ClNO2/c1-2-3-6-14(18)16-13-8-7-12(15)10-11(13)5-4-9-17/h7-8,10,17H,2-3,6,9H2,1H3,(H,16,18). The van der Waals surface area contributed by atoms with Crippen molar-refractivity contribution in [3.63, 3.8) is 0 Å². The number of unbranched alkanes of at least 4 members (excludes halogenated alkanes) is 1. The predicted molar refractivity (Wildman–Crippen MR) is 73.6 cm³/mol. The second kappa shape index (κ2) is 7.75. The molecule has 0 bridgehead atoms. The fraction of sp³-hybridized carbons (Fsp3) is 0.357. The number of nitrogens with one attached hydrogen (secondary N) is 1. The SMILES string of the molecule is CCCCC(=O)Nc1ccc(Cl)cc1C#CCO. The van der Waals surface area contributed by atoms with E-state index in [9.17, 15) is 4.79 Å². The summed E-state index contributed by atoms with van der Waals surface area (Å²) in [5.74, 6) is 5.27. The van der Waals surface area contributed by atoms with Crippen molar-refractivity contribution in [3.8, 4) is 11.8 Å². The normalized spacial score (nSPS) is 9.50. The van der Waals surface area contributed by atoms with Crippen LogP contribution in [0.4, 0.5) is 5.69 Å². The average Bonchev–Trinajstić information content (AvgIpc) is 2.36. The van der Waals surface area contributed by atoms with Gasteiger partial charge >= 0.3 is 0 Å². The van der Waals surface area contributed by atoms with Crippen LogP contribution in [0.1, 0.15) is 31.7 Å². The molecule has 96 valence electrons. The molecule has 0 aliphatic rings. The molecule has 1 aromatic rings. The molecule has 0 radical (unpaired) electrons. The van der Waals surface area contributed by atoms with Crippen molar-refractivity contribution >= 4 is 23.2 Å². The Morgan fingerprint density at radius 3 is 2.94 bits per heavy atom. The molecule has 0 saturated heterocycles. The van der Waals surface area contributed by atoms with E-state index in [1.54, 1.807) is 18.2 Å². The topological polar surface area (TPSA) is 49.3 Å². The van der Waals surface area contributed by atoms with Gasteiger partial charge in [-0.05, 0) is 24.6 Å². The Kier molecular flexibility index (Phi) is 6.27. The van der Waals surface area contributed by atoms with Gasteiger partial charge in [0, 0.05) is 17.0 Å². The minimum Gasteiger partial charge on any atom is -0.384 e. The molecular weight excluding hydrogens is 250 g/mol. The molecule has 18 heavy (non-hydrogen) atoms. The lowest BCUT2D eigenvalue weighted by atomic mass is 10.1. The van der Waals surface area contributed by atoms with Gasteiger partial charge in [0.05, 0.1) is 5.69 Å². The van der Waals surface area contributed by atoms with E-state index < -0.39 is 0 Å². The van der Waals surface area contributed by atoms with E-state index in [-0.39, 0.29) is 12.5 Å². The minimum atomic E-state index is -0.226. The first kappa shape index (κ1) is 14.6. The van der Waals surface area contributed by atoms with Gasteiger partial charge in [-0.25, -0.2) is 0 Å². The quantitative estimate of drug-likeness (QED) is 0.823. The molecule has 1 amide bonds. The van der Waals surface area contributed by atoms with E-state index in [0.717, 1.165) is 12.8 Å². The van der Waals surface area contributed by atoms with Gasteiger partial charge in [0.1, 0.15) is 6.61 Å². The van der Waals surface area contributed by atoms with Gasteiger partial charge < -0.3 is 10.4 Å². The van der Waals surface area contributed by atoms with Crippen molar-refractivity contribution in [2.45, 2.75) is 26.2 Å². The first-order valence-electron chi connectivity index (χ1n) is 5.86. The number of anilines is 1. The van der Waals surface area contributed by atoms with Crippen LogP contribution in [0.3, 0.4) is 0 Å². The van der Waals surface area contributed by atoms with Crippen LogP contribution in [0, 0.1) is 11.8 Å². The maximum Gasteiger partial charge on any atom is 0.224 e. The van der Waals surface area contributed by atoms with E-state index >= 15 is 0 Å². The Morgan fingerprint density at radius 2 is 2.28 bits per heavy atom. The summed E-state index contributed by atoms with van der Waals surface area (Å²) in [7, 11) is 0. The van der Waals surface area contributed by atoms with E-state index in [4.69, 9.17) is 16.7 Å². The molecule has 0 aromatic heterocycles. The Morgan fingerprint density at radius 1 is 1.50 bits per heavy atom. The third kappa shape index (κ3) is 4.79. The van der Waals surface area contributed by atoms with Crippen molar-refractivity contribution in [3.05, 3.63) is 28.8 Å². The smallest absolute Gasteiger partial charge is 0.224 e. The molecule has 0 saturated carbocycles. The highest BCUT2D eigenvalue weighted by Crippen LogP contribution is 2.20. The van der Waals surface area contributed by atoms with E-state index in [0.29, 0.717) is 22.7 Å². The fourth-order valence-corrected chi connectivity index (χ4v) is 1.59. The monoisotopic (exact) mass is 265 g/mol. The van der Waals surface area contributed by atoms with Gasteiger partial charge in [0.15, 0.2) is 0 Å². The maximum atomic E-state index is 11.6. The van der Waals surface area contributed by atoms with Crippen LogP contribution in [0.2, 0.25) is 5.02 Å². The lowest BCUT2D eigenvalue weighted by molar-refractivity contribution is -0.116. The first-order chi connectivity index (χ1) is 8.67. The van der Waals surface area contributed by atoms with E-state index in [2.05, 4.69) is 17.2 Å². The molecular formula is C14H16ClNO2. The fourth-order valence-electron chi connectivity index (χ4n) is 1.41. The zero-order chi connectivity index (χ0) is 13.4. The third-order valence-electron chi connectivity index (χ3n) is 2.32. The number of halogens is 1. The summed E-state index contributed by atoms with van der Waals surface area (Å²) in [5.41, 5.74) is 1.24. The second-order valence-corrected chi connectivity index (χ2v) is 4.24. The number of benzene rings is 1. The average molecular weight is 266 g/mol.